The summed E-state index contributed by atoms with van der Waals surface area (Å²) >= 11 is 0. The minimum absolute atomic E-state index is 0. The van der Waals surface area contributed by atoms with Gasteiger partial charge in [0.25, 0.3) is 0 Å². The van der Waals surface area contributed by atoms with Crippen molar-refractivity contribution in [3.8, 4) is 0 Å². The second-order valence-electron chi connectivity index (χ2n) is 2.17. The van der Waals surface area contributed by atoms with E-state index in [4.69, 9.17) is 4.74 Å². The Morgan fingerprint density at radius 3 is 1.50 bits per heavy atom. The van der Waals surface area contributed by atoms with Crippen LogP contribution in [0, 0.1) is 0 Å². The van der Waals surface area contributed by atoms with Crippen LogP contribution in [0.5, 0.6) is 0 Å². The molecule has 5 nitrogen and oxygen atoms in total. The van der Waals surface area contributed by atoms with Crippen molar-refractivity contribution in [1.29, 1.82) is 0 Å². The number of hydrogen-bond acceptors (Lipinski definition) is 5. The Kier molecular flexibility index (Phi) is 29.5. The summed E-state index contributed by atoms with van der Waals surface area (Å²) in [4.78, 5) is 19.8. The van der Waals surface area contributed by atoms with Gasteiger partial charge in [-0.15, -0.1) is 0 Å². The summed E-state index contributed by atoms with van der Waals surface area (Å²) in [5, 5.41) is 0. The van der Waals surface area contributed by atoms with E-state index in [1.165, 1.54) is 13.8 Å². The van der Waals surface area contributed by atoms with E-state index in [2.05, 4.69) is 9.47 Å². The van der Waals surface area contributed by atoms with Gasteiger partial charge >= 0.3 is 11.9 Å². The molecule has 5 heteroatoms. The molecule has 0 spiro atoms. The first kappa shape index (κ1) is 24.2. The highest BCUT2D eigenvalue weighted by Gasteiger charge is 1.87. The van der Waals surface area contributed by atoms with Crippen LogP contribution in [0.3, 0.4) is 0 Å². The molecular weight excluding hydrogens is 212 g/mol. The molecular formula is C11H26O5. The van der Waals surface area contributed by atoms with Crippen molar-refractivity contribution in [2.24, 2.45) is 0 Å². The Hall–Kier alpha value is -1.10. The van der Waals surface area contributed by atoms with Crippen molar-refractivity contribution >= 4 is 11.9 Å². The molecule has 0 saturated heterocycles. The molecule has 0 radical (unpaired) electrons. The van der Waals surface area contributed by atoms with E-state index in [9.17, 15) is 9.59 Å². The van der Waals surface area contributed by atoms with Crippen molar-refractivity contribution in [3.05, 3.63) is 0 Å². The maximum Gasteiger partial charge on any atom is 0.304 e. The zero-order chi connectivity index (χ0) is 11.4. The first-order chi connectivity index (χ1) is 6.54. The topological polar surface area (TPSA) is 61.8 Å². The highest BCUT2D eigenvalue weighted by Crippen LogP contribution is 1.76. The molecule has 0 aliphatic carbocycles. The Bertz CT molecular complexity index is 156. The molecule has 0 aromatic rings. The summed E-state index contributed by atoms with van der Waals surface area (Å²) in [6, 6.07) is 0. The van der Waals surface area contributed by atoms with Crippen LogP contribution in [-0.2, 0) is 23.8 Å². The van der Waals surface area contributed by atoms with Crippen LogP contribution >= 0.6 is 0 Å². The van der Waals surface area contributed by atoms with Crippen LogP contribution < -0.4 is 0 Å². The average Bonchev–Trinajstić information content (AvgIpc) is 2.05. The summed E-state index contributed by atoms with van der Waals surface area (Å²) in [5.74, 6) is -0.518. The number of rotatable bonds is 4. The third-order valence-corrected chi connectivity index (χ3v) is 0.897. The molecule has 0 aromatic heterocycles. The van der Waals surface area contributed by atoms with E-state index in [0.717, 1.165) is 0 Å². The fraction of sp³-hybridized carbons (Fsp3) is 0.818. The molecule has 0 N–H and O–H groups in total. The largest absolute Gasteiger partial charge is 0.466 e. The Balaban J connectivity index is -0.0000000825. The Morgan fingerprint density at radius 1 is 0.875 bits per heavy atom. The first-order valence-electron chi connectivity index (χ1n) is 4.39. The summed E-state index contributed by atoms with van der Waals surface area (Å²) in [6.45, 7) is 7.49. The maximum atomic E-state index is 10.0. The monoisotopic (exact) mass is 238 g/mol. The van der Waals surface area contributed by atoms with Crippen LogP contribution in [0.25, 0.3) is 0 Å². The minimum Gasteiger partial charge on any atom is -0.466 e. The lowest BCUT2D eigenvalue weighted by atomic mass is 10.8. The van der Waals surface area contributed by atoms with Gasteiger partial charge in [-0.05, 0) is 13.8 Å². The highest BCUT2D eigenvalue weighted by atomic mass is 16.7. The van der Waals surface area contributed by atoms with E-state index < -0.39 is 0 Å². The third-order valence-electron chi connectivity index (χ3n) is 0.897. The number of carbonyl (C=O) groups is 2. The maximum absolute atomic E-state index is 10.0. The van der Waals surface area contributed by atoms with Crippen LogP contribution in [0.1, 0.15) is 42.5 Å². The van der Waals surface area contributed by atoms with Gasteiger partial charge in [-0.1, -0.05) is 14.9 Å². The molecule has 0 unspecified atom stereocenters. The normalized spacial score (nSPS) is 7.25. The lowest BCUT2D eigenvalue weighted by Crippen LogP contribution is -2.03. The lowest BCUT2D eigenvalue weighted by Gasteiger charge is -1.98. The standard InChI is InChI=1S/C5H10O3.C4H8O2.2CH4/c1-3-7-4-8-5(2)6;1-3-6-4(2)5;;/h3-4H2,1-2H3;3H2,1-2H3;2*1H4. The molecule has 0 aliphatic heterocycles. The van der Waals surface area contributed by atoms with Crippen molar-refractivity contribution in [2.75, 3.05) is 20.0 Å². The molecule has 0 heterocycles. The summed E-state index contributed by atoms with van der Waals surface area (Å²) in [6.07, 6.45) is 0. The van der Waals surface area contributed by atoms with E-state index in [1.807, 2.05) is 6.92 Å². The number of esters is 2. The van der Waals surface area contributed by atoms with E-state index in [-0.39, 0.29) is 33.6 Å². The quantitative estimate of drug-likeness (QED) is 0.427. The highest BCUT2D eigenvalue weighted by molar-refractivity contribution is 5.66. The number of hydrogen-bond donors (Lipinski definition) is 0. The smallest absolute Gasteiger partial charge is 0.304 e. The van der Waals surface area contributed by atoms with Gasteiger partial charge < -0.3 is 14.2 Å². The SMILES string of the molecule is C.C.CCOC(C)=O.CCOCOC(C)=O. The van der Waals surface area contributed by atoms with Crippen molar-refractivity contribution in [2.45, 2.75) is 42.5 Å². The van der Waals surface area contributed by atoms with E-state index in [1.54, 1.807) is 6.92 Å². The predicted octanol–water partition coefficient (Wildman–Crippen LogP) is 2.39. The van der Waals surface area contributed by atoms with Gasteiger partial charge in [0.15, 0.2) is 6.79 Å². The molecule has 0 aliphatic rings. The van der Waals surface area contributed by atoms with Crippen molar-refractivity contribution < 1.29 is 23.8 Å². The lowest BCUT2D eigenvalue weighted by molar-refractivity contribution is -0.153. The van der Waals surface area contributed by atoms with E-state index >= 15 is 0 Å². The van der Waals surface area contributed by atoms with Gasteiger partial charge in [0.05, 0.1) is 6.61 Å². The van der Waals surface area contributed by atoms with Crippen LogP contribution in [0.2, 0.25) is 0 Å². The van der Waals surface area contributed by atoms with Gasteiger partial charge in [0.1, 0.15) is 0 Å². The van der Waals surface area contributed by atoms with Gasteiger partial charge in [0.2, 0.25) is 0 Å². The zero-order valence-electron chi connectivity index (χ0n) is 9.16. The van der Waals surface area contributed by atoms with Crippen molar-refractivity contribution in [1.82, 2.24) is 0 Å². The van der Waals surface area contributed by atoms with Crippen LogP contribution in [0.4, 0.5) is 0 Å². The predicted molar refractivity (Wildman–Crippen MR) is 64.0 cm³/mol. The summed E-state index contributed by atoms with van der Waals surface area (Å²) in [7, 11) is 0. The molecule has 0 rings (SSSR count). The molecule has 0 saturated carbocycles. The minimum atomic E-state index is -0.307. The molecule has 0 bridgehead atoms. The molecule has 0 amide bonds. The number of ether oxygens (including phenoxy) is 3. The molecule has 0 fully saturated rings. The summed E-state index contributed by atoms with van der Waals surface area (Å²) < 4.78 is 13.5. The first-order valence-corrected chi connectivity index (χ1v) is 4.39. The second kappa shape index (κ2) is 19.5. The van der Waals surface area contributed by atoms with E-state index in [0.29, 0.717) is 13.2 Å². The average molecular weight is 238 g/mol. The molecule has 0 aromatic carbocycles. The van der Waals surface area contributed by atoms with Gasteiger partial charge in [0, 0.05) is 20.5 Å². The van der Waals surface area contributed by atoms with Crippen molar-refractivity contribution in [3.63, 3.8) is 0 Å². The number of carbonyl (C=O) groups excluding carboxylic acids is 2. The Morgan fingerprint density at radius 2 is 1.31 bits per heavy atom. The fourth-order valence-electron chi connectivity index (χ4n) is 0.411. The molecule has 0 atom stereocenters. The van der Waals surface area contributed by atoms with Crippen LogP contribution in [-0.4, -0.2) is 31.9 Å². The summed E-state index contributed by atoms with van der Waals surface area (Å²) in [5.41, 5.74) is 0. The third kappa shape index (κ3) is 38.4. The zero-order valence-corrected chi connectivity index (χ0v) is 9.16. The second-order valence-corrected chi connectivity index (χ2v) is 2.17. The van der Waals surface area contributed by atoms with Crippen LogP contribution in [0.15, 0.2) is 0 Å². The molecule has 16 heavy (non-hydrogen) atoms. The van der Waals surface area contributed by atoms with Gasteiger partial charge in [-0.2, -0.15) is 0 Å². The van der Waals surface area contributed by atoms with Gasteiger partial charge in [-0.25, -0.2) is 0 Å². The Labute approximate surface area is 99.1 Å². The fourth-order valence-corrected chi connectivity index (χ4v) is 0.411. The molecule has 100 valence electrons. The van der Waals surface area contributed by atoms with Gasteiger partial charge in [-0.3, -0.25) is 9.59 Å².